The molecule has 0 radical (unpaired) electrons. The standard InChI is InChI=1S/C11H18/c1-5-8-11(7-3)9-10(4)6-2/h5-8,10-11H,2-3,9H2,1,4H3. The minimum atomic E-state index is 0.507. The van der Waals surface area contributed by atoms with Crippen LogP contribution < -0.4 is 0 Å². The van der Waals surface area contributed by atoms with Gasteiger partial charge < -0.3 is 0 Å². The number of hydrogen-bond donors (Lipinski definition) is 0. The van der Waals surface area contributed by atoms with Gasteiger partial charge >= 0.3 is 0 Å². The molecule has 0 nitrogen and oxygen atoms in total. The monoisotopic (exact) mass is 150 g/mol. The van der Waals surface area contributed by atoms with E-state index in [1.54, 1.807) is 0 Å². The molecule has 0 aromatic heterocycles. The summed E-state index contributed by atoms with van der Waals surface area (Å²) >= 11 is 0. The van der Waals surface area contributed by atoms with Gasteiger partial charge in [0.2, 0.25) is 0 Å². The highest BCUT2D eigenvalue weighted by Crippen LogP contribution is 2.14. The highest BCUT2D eigenvalue weighted by molar-refractivity contribution is 4.97. The Morgan fingerprint density at radius 2 is 1.91 bits per heavy atom. The van der Waals surface area contributed by atoms with Crippen molar-refractivity contribution in [2.75, 3.05) is 0 Å². The van der Waals surface area contributed by atoms with Gasteiger partial charge in [-0.15, -0.1) is 13.2 Å². The number of rotatable bonds is 5. The molecular weight excluding hydrogens is 132 g/mol. The lowest BCUT2D eigenvalue weighted by atomic mass is 9.96. The van der Waals surface area contributed by atoms with E-state index in [9.17, 15) is 0 Å². The van der Waals surface area contributed by atoms with Gasteiger partial charge in [0.25, 0.3) is 0 Å². The normalized spacial score (nSPS) is 16.2. The van der Waals surface area contributed by atoms with Gasteiger partial charge in [-0.3, -0.25) is 0 Å². The first-order valence-electron chi connectivity index (χ1n) is 4.12. The van der Waals surface area contributed by atoms with Crippen molar-refractivity contribution in [3.8, 4) is 0 Å². The molecule has 2 unspecified atom stereocenters. The second-order valence-electron chi connectivity index (χ2n) is 2.87. The minimum Gasteiger partial charge on any atom is -0.103 e. The van der Waals surface area contributed by atoms with Crippen LogP contribution in [0, 0.1) is 11.8 Å². The van der Waals surface area contributed by atoms with Gasteiger partial charge in [-0.1, -0.05) is 31.2 Å². The maximum atomic E-state index is 3.78. The Balaban J connectivity index is 3.86. The maximum Gasteiger partial charge on any atom is -0.00508 e. The molecule has 0 spiro atoms. The van der Waals surface area contributed by atoms with E-state index >= 15 is 0 Å². The van der Waals surface area contributed by atoms with Crippen LogP contribution in [0.5, 0.6) is 0 Å². The SMILES string of the molecule is C=CC(C)CC(C=C)C=CC. The van der Waals surface area contributed by atoms with Crippen molar-refractivity contribution in [3.63, 3.8) is 0 Å². The fourth-order valence-corrected chi connectivity index (χ4v) is 1.03. The third kappa shape index (κ3) is 4.60. The van der Waals surface area contributed by atoms with Crippen LogP contribution in [0.15, 0.2) is 37.5 Å². The molecule has 0 amide bonds. The van der Waals surface area contributed by atoms with E-state index in [-0.39, 0.29) is 0 Å². The first kappa shape index (κ1) is 10.2. The molecule has 0 aromatic carbocycles. The summed E-state index contributed by atoms with van der Waals surface area (Å²) in [6.45, 7) is 11.7. The third-order valence-electron chi connectivity index (χ3n) is 1.79. The topological polar surface area (TPSA) is 0 Å². The molecule has 0 heterocycles. The van der Waals surface area contributed by atoms with Crippen molar-refractivity contribution in [1.29, 1.82) is 0 Å². The van der Waals surface area contributed by atoms with Crippen LogP contribution in [-0.2, 0) is 0 Å². The Kier molecular flexibility index (Phi) is 5.54. The largest absolute Gasteiger partial charge is 0.103 e. The van der Waals surface area contributed by atoms with Crippen LogP contribution in [0.2, 0.25) is 0 Å². The summed E-state index contributed by atoms with van der Waals surface area (Å²) in [4.78, 5) is 0. The summed E-state index contributed by atoms with van der Waals surface area (Å²) < 4.78 is 0. The Labute approximate surface area is 70.3 Å². The Bertz CT molecular complexity index is 142. The molecule has 0 aliphatic heterocycles. The molecule has 0 fully saturated rings. The summed E-state index contributed by atoms with van der Waals surface area (Å²) in [5.74, 6) is 1.09. The Morgan fingerprint density at radius 3 is 2.27 bits per heavy atom. The molecule has 0 aliphatic carbocycles. The molecule has 0 rings (SSSR count). The molecule has 0 saturated heterocycles. The van der Waals surface area contributed by atoms with Crippen molar-refractivity contribution in [2.45, 2.75) is 20.3 Å². The van der Waals surface area contributed by atoms with E-state index in [0.29, 0.717) is 11.8 Å². The van der Waals surface area contributed by atoms with E-state index in [4.69, 9.17) is 0 Å². The highest BCUT2D eigenvalue weighted by Gasteiger charge is 2.02. The average molecular weight is 150 g/mol. The second-order valence-corrected chi connectivity index (χ2v) is 2.87. The van der Waals surface area contributed by atoms with Crippen molar-refractivity contribution < 1.29 is 0 Å². The van der Waals surface area contributed by atoms with Gasteiger partial charge in [-0.25, -0.2) is 0 Å². The summed E-state index contributed by atoms with van der Waals surface area (Å²) in [7, 11) is 0. The molecule has 0 N–H and O–H groups in total. The van der Waals surface area contributed by atoms with Crippen LogP contribution in [-0.4, -0.2) is 0 Å². The van der Waals surface area contributed by atoms with Crippen LogP contribution in [0.4, 0.5) is 0 Å². The molecule has 0 heteroatoms. The maximum absolute atomic E-state index is 3.78. The zero-order chi connectivity index (χ0) is 8.69. The molecule has 0 aromatic rings. The van der Waals surface area contributed by atoms with Gasteiger partial charge in [0, 0.05) is 0 Å². The van der Waals surface area contributed by atoms with Crippen LogP contribution in [0.25, 0.3) is 0 Å². The lowest BCUT2D eigenvalue weighted by molar-refractivity contribution is 0.582. The summed E-state index contributed by atoms with van der Waals surface area (Å²) in [6, 6.07) is 0. The molecule has 0 aliphatic rings. The first-order valence-corrected chi connectivity index (χ1v) is 4.12. The fourth-order valence-electron chi connectivity index (χ4n) is 1.03. The second kappa shape index (κ2) is 5.96. The van der Waals surface area contributed by atoms with E-state index in [1.807, 2.05) is 19.1 Å². The summed E-state index contributed by atoms with van der Waals surface area (Å²) in [5, 5.41) is 0. The molecule has 11 heavy (non-hydrogen) atoms. The summed E-state index contributed by atoms with van der Waals surface area (Å²) in [5.41, 5.74) is 0. The lowest BCUT2D eigenvalue weighted by Gasteiger charge is -2.10. The van der Waals surface area contributed by atoms with Crippen molar-refractivity contribution in [2.24, 2.45) is 11.8 Å². The fraction of sp³-hybridized carbons (Fsp3) is 0.455. The van der Waals surface area contributed by atoms with Gasteiger partial charge in [0.15, 0.2) is 0 Å². The van der Waals surface area contributed by atoms with Crippen molar-refractivity contribution >= 4 is 0 Å². The van der Waals surface area contributed by atoms with E-state index in [0.717, 1.165) is 6.42 Å². The third-order valence-corrected chi connectivity index (χ3v) is 1.79. The van der Waals surface area contributed by atoms with Gasteiger partial charge in [-0.05, 0) is 25.2 Å². The highest BCUT2D eigenvalue weighted by atomic mass is 14.1. The molecule has 0 bridgehead atoms. The van der Waals surface area contributed by atoms with Crippen LogP contribution >= 0.6 is 0 Å². The molecule has 0 saturated carbocycles. The zero-order valence-corrected chi connectivity index (χ0v) is 7.59. The first-order chi connectivity index (χ1) is 5.24. The smallest absolute Gasteiger partial charge is 0.00508 e. The number of allylic oxidation sites excluding steroid dienone is 4. The Morgan fingerprint density at radius 1 is 1.27 bits per heavy atom. The Hall–Kier alpha value is -0.780. The van der Waals surface area contributed by atoms with Crippen molar-refractivity contribution in [1.82, 2.24) is 0 Å². The quantitative estimate of drug-likeness (QED) is 0.525. The molecular formula is C11H18. The van der Waals surface area contributed by atoms with E-state index in [1.165, 1.54) is 0 Å². The molecule has 2 atom stereocenters. The predicted octanol–water partition coefficient (Wildman–Crippen LogP) is 3.58. The van der Waals surface area contributed by atoms with E-state index < -0.39 is 0 Å². The van der Waals surface area contributed by atoms with Crippen molar-refractivity contribution in [3.05, 3.63) is 37.5 Å². The van der Waals surface area contributed by atoms with Gasteiger partial charge in [0.05, 0.1) is 0 Å². The lowest BCUT2D eigenvalue weighted by Crippen LogP contribution is -1.98. The van der Waals surface area contributed by atoms with Gasteiger partial charge in [0.1, 0.15) is 0 Å². The van der Waals surface area contributed by atoms with E-state index in [2.05, 4.69) is 32.2 Å². The predicted molar refractivity (Wildman–Crippen MR) is 52.5 cm³/mol. The minimum absolute atomic E-state index is 0.507. The zero-order valence-electron chi connectivity index (χ0n) is 7.59. The van der Waals surface area contributed by atoms with Gasteiger partial charge in [-0.2, -0.15) is 0 Å². The van der Waals surface area contributed by atoms with Crippen LogP contribution in [0.1, 0.15) is 20.3 Å². The summed E-state index contributed by atoms with van der Waals surface area (Å²) in [6.07, 6.45) is 9.34. The molecule has 62 valence electrons. The number of hydrogen-bond acceptors (Lipinski definition) is 0. The van der Waals surface area contributed by atoms with Crippen LogP contribution in [0.3, 0.4) is 0 Å². The average Bonchev–Trinajstić information content (AvgIpc) is 2.03.